The number of thiocarbonyl (C=S) groups is 1. The van der Waals surface area contributed by atoms with Gasteiger partial charge in [-0.05, 0) is 48.1 Å². The summed E-state index contributed by atoms with van der Waals surface area (Å²) in [6.07, 6.45) is 3.62. The quantitative estimate of drug-likeness (QED) is 0.228. The Hall–Kier alpha value is -3.55. The maximum atomic E-state index is 13.4. The molecule has 7 heteroatoms. The van der Waals surface area contributed by atoms with Gasteiger partial charge in [0.1, 0.15) is 5.57 Å². The molecule has 33 heavy (non-hydrogen) atoms. The van der Waals surface area contributed by atoms with E-state index in [1.54, 1.807) is 18.2 Å². The van der Waals surface area contributed by atoms with Crippen LogP contribution in [0.15, 0.2) is 95.1 Å². The Balaban J connectivity index is 1.58. The first-order valence-corrected chi connectivity index (χ1v) is 11.5. The van der Waals surface area contributed by atoms with Crippen LogP contribution in [0.2, 0.25) is 0 Å². The second kappa shape index (κ2) is 8.77. The van der Waals surface area contributed by atoms with E-state index in [2.05, 4.69) is 37.9 Å². The van der Waals surface area contributed by atoms with Crippen LogP contribution in [0.1, 0.15) is 11.1 Å². The molecule has 4 aromatic rings. The van der Waals surface area contributed by atoms with Crippen molar-refractivity contribution in [3.63, 3.8) is 0 Å². The van der Waals surface area contributed by atoms with Crippen LogP contribution in [0, 0.1) is 0 Å². The van der Waals surface area contributed by atoms with Gasteiger partial charge in [-0.2, -0.15) is 0 Å². The van der Waals surface area contributed by atoms with E-state index in [-0.39, 0.29) is 10.7 Å². The molecule has 5 nitrogen and oxygen atoms in total. The average molecular weight is 516 g/mol. The molecule has 0 bridgehead atoms. The van der Waals surface area contributed by atoms with Crippen molar-refractivity contribution >= 4 is 67.7 Å². The first-order chi connectivity index (χ1) is 16.0. The lowest BCUT2D eigenvalue weighted by Crippen LogP contribution is -2.54. The van der Waals surface area contributed by atoms with Gasteiger partial charge in [0.05, 0.1) is 5.69 Å². The predicted octanol–water partition coefficient (Wildman–Crippen LogP) is 5.28. The van der Waals surface area contributed by atoms with Crippen LogP contribution in [0.5, 0.6) is 0 Å². The Morgan fingerprint density at radius 2 is 1.70 bits per heavy atom. The largest absolute Gasteiger partial charge is 0.342 e. The van der Waals surface area contributed by atoms with Crippen LogP contribution >= 0.6 is 28.1 Å². The molecule has 162 valence electrons. The summed E-state index contributed by atoms with van der Waals surface area (Å²) in [6, 6.07) is 25.3. The summed E-state index contributed by atoms with van der Waals surface area (Å²) in [4.78, 5) is 27.5. The van der Waals surface area contributed by atoms with E-state index in [4.69, 9.17) is 12.2 Å². The number of rotatable bonds is 4. The van der Waals surface area contributed by atoms with E-state index in [1.807, 2.05) is 60.8 Å². The lowest BCUT2D eigenvalue weighted by atomic mass is 10.1. The van der Waals surface area contributed by atoms with Gasteiger partial charge in [-0.25, -0.2) is 0 Å². The van der Waals surface area contributed by atoms with Gasteiger partial charge in [0.25, 0.3) is 11.8 Å². The number of anilines is 1. The van der Waals surface area contributed by atoms with E-state index in [0.29, 0.717) is 12.2 Å². The van der Waals surface area contributed by atoms with Crippen LogP contribution in [-0.4, -0.2) is 21.5 Å². The van der Waals surface area contributed by atoms with Crippen LogP contribution < -0.4 is 10.2 Å². The van der Waals surface area contributed by atoms with E-state index in [1.165, 1.54) is 4.90 Å². The fraction of sp³-hybridized carbons (Fsp3) is 0.0385. The standard InChI is InChI=1S/C26H18BrN3O2S/c27-19-9-6-10-20(14-19)30-25(32)22(24(31)28-26(30)33)13-18-16-29(15-17-7-2-1-3-8-17)23-12-5-4-11-21(18)23/h1-14,16H,15H2,(H,28,31,33). The van der Waals surface area contributed by atoms with Gasteiger partial charge in [-0.15, -0.1) is 0 Å². The van der Waals surface area contributed by atoms with Crippen molar-refractivity contribution in [1.82, 2.24) is 9.88 Å². The normalized spacial score (nSPS) is 15.4. The smallest absolute Gasteiger partial charge is 0.270 e. The molecule has 5 rings (SSSR count). The number of carbonyl (C=O) groups is 2. The van der Waals surface area contributed by atoms with Crippen LogP contribution in [0.3, 0.4) is 0 Å². The lowest BCUT2D eigenvalue weighted by Gasteiger charge is -2.29. The highest BCUT2D eigenvalue weighted by Gasteiger charge is 2.34. The lowest BCUT2D eigenvalue weighted by molar-refractivity contribution is -0.122. The Labute approximate surface area is 204 Å². The predicted molar refractivity (Wildman–Crippen MR) is 138 cm³/mol. The second-order valence-electron chi connectivity index (χ2n) is 7.65. The van der Waals surface area contributed by atoms with Crippen molar-refractivity contribution in [3.05, 3.63) is 106 Å². The molecule has 0 spiro atoms. The minimum atomic E-state index is -0.504. The number of benzene rings is 3. The van der Waals surface area contributed by atoms with Crippen molar-refractivity contribution in [3.8, 4) is 0 Å². The third-order valence-electron chi connectivity index (χ3n) is 5.48. The van der Waals surface area contributed by atoms with Gasteiger partial charge in [-0.3, -0.25) is 19.8 Å². The second-order valence-corrected chi connectivity index (χ2v) is 8.96. The molecule has 0 saturated carbocycles. The Kier molecular flexibility index (Phi) is 5.66. The van der Waals surface area contributed by atoms with Gasteiger partial charge in [-0.1, -0.05) is 70.5 Å². The highest BCUT2D eigenvalue weighted by atomic mass is 79.9. The van der Waals surface area contributed by atoms with Gasteiger partial charge < -0.3 is 4.57 Å². The van der Waals surface area contributed by atoms with Gasteiger partial charge in [0.15, 0.2) is 5.11 Å². The van der Waals surface area contributed by atoms with Crippen molar-refractivity contribution < 1.29 is 9.59 Å². The fourth-order valence-electron chi connectivity index (χ4n) is 3.96. The van der Waals surface area contributed by atoms with E-state index < -0.39 is 11.8 Å². The number of hydrogen-bond donors (Lipinski definition) is 1. The van der Waals surface area contributed by atoms with E-state index >= 15 is 0 Å². The fourth-order valence-corrected chi connectivity index (χ4v) is 4.63. The molecule has 0 atom stereocenters. The molecule has 1 aliphatic rings. The minimum absolute atomic E-state index is 0.0335. The van der Waals surface area contributed by atoms with Crippen molar-refractivity contribution in [2.75, 3.05) is 4.90 Å². The summed E-state index contributed by atoms with van der Waals surface area (Å²) >= 11 is 8.73. The first kappa shape index (κ1) is 21.3. The molecule has 1 aromatic heterocycles. The number of nitrogens with one attached hydrogen (secondary N) is 1. The van der Waals surface area contributed by atoms with E-state index in [9.17, 15) is 9.59 Å². The molecule has 1 aliphatic heterocycles. The molecule has 2 amide bonds. The molecular formula is C26H18BrN3O2S. The summed E-state index contributed by atoms with van der Waals surface area (Å²) in [5, 5.41) is 3.67. The zero-order valence-electron chi connectivity index (χ0n) is 17.4. The zero-order chi connectivity index (χ0) is 22.9. The molecule has 0 radical (unpaired) electrons. The van der Waals surface area contributed by atoms with Crippen LogP contribution in [0.25, 0.3) is 17.0 Å². The van der Waals surface area contributed by atoms with Gasteiger partial charge in [0.2, 0.25) is 0 Å². The molecule has 1 fully saturated rings. The molecule has 1 N–H and O–H groups in total. The summed E-state index contributed by atoms with van der Waals surface area (Å²) in [5.41, 5.74) is 3.59. The summed E-state index contributed by atoms with van der Waals surface area (Å²) in [5.74, 6) is -0.960. The van der Waals surface area contributed by atoms with Crippen LogP contribution in [0.4, 0.5) is 5.69 Å². The Morgan fingerprint density at radius 3 is 2.48 bits per heavy atom. The number of fused-ring (bicyclic) bond motifs is 1. The highest BCUT2D eigenvalue weighted by Crippen LogP contribution is 2.28. The van der Waals surface area contributed by atoms with Gasteiger partial charge >= 0.3 is 0 Å². The SMILES string of the molecule is O=C1NC(=S)N(c2cccc(Br)c2)C(=O)C1=Cc1cn(Cc2ccccc2)c2ccccc12. The maximum Gasteiger partial charge on any atom is 0.270 e. The summed E-state index contributed by atoms with van der Waals surface area (Å²) in [6.45, 7) is 0.679. The third kappa shape index (κ3) is 4.13. The average Bonchev–Trinajstić information content (AvgIpc) is 3.14. The minimum Gasteiger partial charge on any atom is -0.342 e. The van der Waals surface area contributed by atoms with Gasteiger partial charge in [0, 0.05) is 33.7 Å². The number of aromatic nitrogens is 1. The third-order valence-corrected chi connectivity index (χ3v) is 6.26. The monoisotopic (exact) mass is 515 g/mol. The maximum absolute atomic E-state index is 13.4. The number of halogens is 1. The Morgan fingerprint density at radius 1 is 0.939 bits per heavy atom. The van der Waals surface area contributed by atoms with Crippen molar-refractivity contribution in [2.24, 2.45) is 0 Å². The zero-order valence-corrected chi connectivity index (χ0v) is 19.8. The van der Waals surface area contributed by atoms with Crippen LogP contribution in [-0.2, 0) is 16.1 Å². The molecule has 0 unspecified atom stereocenters. The van der Waals surface area contributed by atoms with Crippen molar-refractivity contribution in [1.29, 1.82) is 0 Å². The van der Waals surface area contributed by atoms with E-state index in [0.717, 1.165) is 26.5 Å². The highest BCUT2D eigenvalue weighted by molar-refractivity contribution is 9.10. The molecule has 0 aliphatic carbocycles. The van der Waals surface area contributed by atoms with Crippen molar-refractivity contribution in [2.45, 2.75) is 6.54 Å². The molecule has 2 heterocycles. The molecular weight excluding hydrogens is 498 g/mol. The number of amides is 2. The molecule has 1 saturated heterocycles. The summed E-state index contributed by atoms with van der Waals surface area (Å²) < 4.78 is 2.93. The summed E-state index contributed by atoms with van der Waals surface area (Å²) in [7, 11) is 0. The number of hydrogen-bond acceptors (Lipinski definition) is 3. The number of nitrogens with zero attached hydrogens (tertiary/aromatic N) is 2. The number of carbonyl (C=O) groups excluding carboxylic acids is 2. The Bertz CT molecular complexity index is 1440. The topological polar surface area (TPSA) is 54.3 Å². The number of para-hydroxylation sites is 1. The molecule has 3 aromatic carbocycles. The first-order valence-electron chi connectivity index (χ1n) is 10.3.